The highest BCUT2D eigenvalue weighted by Gasteiger charge is 2.30. The lowest BCUT2D eigenvalue weighted by atomic mass is 10.1. The van der Waals surface area contributed by atoms with Crippen LogP contribution in [0.2, 0.25) is 0 Å². The van der Waals surface area contributed by atoms with E-state index in [2.05, 4.69) is 20.7 Å². The molecule has 1 saturated carbocycles. The molecule has 0 radical (unpaired) electrons. The molecule has 176 valence electrons. The van der Waals surface area contributed by atoms with Crippen LogP contribution in [0.25, 0.3) is 11.3 Å². The van der Waals surface area contributed by atoms with Gasteiger partial charge < -0.3 is 15.7 Å². The van der Waals surface area contributed by atoms with Gasteiger partial charge in [-0.1, -0.05) is 12.1 Å². The van der Waals surface area contributed by atoms with Gasteiger partial charge in [0, 0.05) is 36.1 Å². The molecule has 2 heterocycles. The highest BCUT2D eigenvalue weighted by atomic mass is 19.1. The van der Waals surface area contributed by atoms with Crippen molar-refractivity contribution in [1.82, 2.24) is 20.1 Å². The van der Waals surface area contributed by atoms with Gasteiger partial charge in [0.25, 0.3) is 5.91 Å². The minimum Gasteiger partial charge on any atom is -0.507 e. The number of amides is 2. The molecule has 1 aliphatic rings. The number of carbonyl (C=O) groups is 2. The maximum absolute atomic E-state index is 13.1. The van der Waals surface area contributed by atoms with Crippen molar-refractivity contribution in [3.63, 3.8) is 0 Å². The number of nitrogens with one attached hydrogen (secondary N) is 2. The van der Waals surface area contributed by atoms with E-state index < -0.39 is 6.03 Å². The molecular formula is C26H22FN5O3. The number of anilines is 1. The van der Waals surface area contributed by atoms with Gasteiger partial charge in [-0.2, -0.15) is 9.78 Å². The van der Waals surface area contributed by atoms with Gasteiger partial charge in [0.2, 0.25) is 0 Å². The summed E-state index contributed by atoms with van der Waals surface area (Å²) in [6.07, 6.45) is 4.94. The average molecular weight is 471 g/mol. The topological polar surface area (TPSA) is 109 Å². The van der Waals surface area contributed by atoms with Crippen LogP contribution in [-0.2, 0) is 6.54 Å². The highest BCUT2D eigenvalue weighted by Crippen LogP contribution is 2.42. The van der Waals surface area contributed by atoms with Crippen LogP contribution in [0, 0.1) is 5.82 Å². The Balaban J connectivity index is 1.38. The van der Waals surface area contributed by atoms with Gasteiger partial charge in [0.15, 0.2) is 0 Å². The summed E-state index contributed by atoms with van der Waals surface area (Å²) >= 11 is 0. The number of rotatable bonds is 6. The Bertz CT molecular complexity index is 1380. The minimum atomic E-state index is -0.414. The summed E-state index contributed by atoms with van der Waals surface area (Å²) < 4.78 is 14.4. The predicted octanol–water partition coefficient (Wildman–Crippen LogP) is 4.68. The normalized spacial score (nSPS) is 12.8. The van der Waals surface area contributed by atoms with Gasteiger partial charge in [0.05, 0.1) is 17.0 Å². The lowest BCUT2D eigenvalue weighted by Gasteiger charge is -2.09. The molecule has 2 aromatic heterocycles. The van der Waals surface area contributed by atoms with Crippen LogP contribution in [-0.4, -0.2) is 31.8 Å². The van der Waals surface area contributed by atoms with E-state index in [-0.39, 0.29) is 29.9 Å². The van der Waals surface area contributed by atoms with Crippen molar-refractivity contribution in [2.75, 3.05) is 5.32 Å². The maximum atomic E-state index is 13.1. The number of benzene rings is 2. The maximum Gasteiger partial charge on any atom is 0.342 e. The summed E-state index contributed by atoms with van der Waals surface area (Å²) in [4.78, 5) is 29.4. The number of nitrogens with zero attached hydrogens (tertiary/aromatic N) is 3. The molecule has 1 aliphatic carbocycles. The zero-order chi connectivity index (χ0) is 24.4. The fraction of sp³-hybridized carbons (Fsp3) is 0.154. The highest BCUT2D eigenvalue weighted by molar-refractivity contribution is 6.04. The predicted molar refractivity (Wildman–Crippen MR) is 128 cm³/mol. The van der Waals surface area contributed by atoms with Gasteiger partial charge in [-0.15, -0.1) is 0 Å². The summed E-state index contributed by atoms with van der Waals surface area (Å²) in [5.41, 5.74) is 3.19. The molecule has 0 spiro atoms. The van der Waals surface area contributed by atoms with E-state index in [0.717, 1.165) is 24.1 Å². The number of hydrogen-bond donors (Lipinski definition) is 3. The second kappa shape index (κ2) is 9.38. The number of hydrogen-bond acceptors (Lipinski definition) is 5. The summed E-state index contributed by atoms with van der Waals surface area (Å²) in [7, 11) is 0. The van der Waals surface area contributed by atoms with E-state index >= 15 is 0 Å². The number of carbonyl (C=O) groups excluding carboxylic acids is 2. The van der Waals surface area contributed by atoms with Crippen LogP contribution in [0.1, 0.15) is 40.4 Å². The Labute approximate surface area is 200 Å². The summed E-state index contributed by atoms with van der Waals surface area (Å²) in [6.45, 7) is 0.222. The fourth-order valence-corrected chi connectivity index (χ4v) is 3.73. The number of aromatic nitrogens is 3. The molecule has 5 rings (SSSR count). The molecule has 1 fully saturated rings. The van der Waals surface area contributed by atoms with Crippen LogP contribution in [0.5, 0.6) is 5.75 Å². The van der Waals surface area contributed by atoms with Crippen molar-refractivity contribution < 1.29 is 19.1 Å². The van der Waals surface area contributed by atoms with Gasteiger partial charge >= 0.3 is 6.03 Å². The van der Waals surface area contributed by atoms with Gasteiger partial charge in [-0.25, -0.2) is 9.18 Å². The largest absolute Gasteiger partial charge is 0.507 e. The number of phenolic OH excluding ortho intramolecular Hbond substituents is 1. The molecule has 3 N–H and O–H groups in total. The zero-order valence-corrected chi connectivity index (χ0v) is 18.6. The zero-order valence-electron chi connectivity index (χ0n) is 18.6. The molecule has 2 aromatic carbocycles. The summed E-state index contributed by atoms with van der Waals surface area (Å²) in [6, 6.07) is 15.3. The molecule has 0 saturated heterocycles. The van der Waals surface area contributed by atoms with E-state index in [4.69, 9.17) is 0 Å². The van der Waals surface area contributed by atoms with E-state index in [9.17, 15) is 19.1 Å². The molecule has 9 heteroatoms. The molecule has 0 atom stereocenters. The van der Waals surface area contributed by atoms with E-state index in [1.165, 1.54) is 29.1 Å². The lowest BCUT2D eigenvalue weighted by Crippen LogP contribution is -2.30. The SMILES string of the molecule is O=C(Nc1ccc(O)c(-c2cc(C3CC3)n(C(=O)NCc3ccc(F)cc3)n2)c1)c1cccnc1. The average Bonchev–Trinajstić information content (AvgIpc) is 3.63. The quantitative estimate of drug-likeness (QED) is 0.354. The third kappa shape index (κ3) is 5.03. The van der Waals surface area contributed by atoms with Crippen molar-refractivity contribution in [1.29, 1.82) is 0 Å². The van der Waals surface area contributed by atoms with Crippen molar-refractivity contribution in [3.05, 3.63) is 95.7 Å². The summed E-state index contributed by atoms with van der Waals surface area (Å²) in [5, 5.41) is 20.6. The van der Waals surface area contributed by atoms with Crippen molar-refractivity contribution in [2.24, 2.45) is 0 Å². The smallest absolute Gasteiger partial charge is 0.342 e. The molecule has 35 heavy (non-hydrogen) atoms. The first-order chi connectivity index (χ1) is 17.0. The first-order valence-electron chi connectivity index (χ1n) is 11.2. The van der Waals surface area contributed by atoms with Crippen LogP contribution in [0.15, 0.2) is 73.1 Å². The second-order valence-electron chi connectivity index (χ2n) is 8.35. The number of phenols is 1. The molecule has 2 amide bonds. The molecule has 0 aliphatic heterocycles. The van der Waals surface area contributed by atoms with Gasteiger partial charge in [-0.3, -0.25) is 9.78 Å². The molecular weight excluding hydrogens is 449 g/mol. The molecule has 0 unspecified atom stereocenters. The molecule has 8 nitrogen and oxygen atoms in total. The van der Waals surface area contributed by atoms with Crippen LogP contribution in [0.4, 0.5) is 14.9 Å². The van der Waals surface area contributed by atoms with E-state index in [0.29, 0.717) is 22.5 Å². The monoisotopic (exact) mass is 471 g/mol. The van der Waals surface area contributed by atoms with Crippen molar-refractivity contribution in [2.45, 2.75) is 25.3 Å². The second-order valence-corrected chi connectivity index (χ2v) is 8.35. The van der Waals surface area contributed by atoms with Crippen LogP contribution in [0.3, 0.4) is 0 Å². The third-order valence-corrected chi connectivity index (χ3v) is 5.74. The fourth-order valence-electron chi connectivity index (χ4n) is 3.73. The molecule has 0 bridgehead atoms. The third-order valence-electron chi connectivity index (χ3n) is 5.74. The van der Waals surface area contributed by atoms with Crippen molar-refractivity contribution >= 4 is 17.6 Å². The first-order valence-corrected chi connectivity index (χ1v) is 11.2. The van der Waals surface area contributed by atoms with Gasteiger partial charge in [0.1, 0.15) is 11.6 Å². The number of halogens is 1. The Morgan fingerprint density at radius 2 is 1.89 bits per heavy atom. The molecule has 4 aromatic rings. The standard InChI is InChI=1S/C26H22FN5O3/c27-19-7-3-16(4-8-19)14-29-26(35)32-23(17-5-6-17)13-22(31-32)21-12-20(9-10-24(21)33)30-25(34)18-2-1-11-28-15-18/h1-4,7-13,15,17,33H,5-6,14H2,(H,29,35)(H,30,34). The minimum absolute atomic E-state index is 0.0249. The Hall–Kier alpha value is -4.53. The Kier molecular flexibility index (Phi) is 5.97. The Morgan fingerprint density at radius 1 is 1.09 bits per heavy atom. The number of aromatic hydroxyl groups is 1. The summed E-state index contributed by atoms with van der Waals surface area (Å²) in [5.74, 6) is -0.489. The Morgan fingerprint density at radius 3 is 2.60 bits per heavy atom. The van der Waals surface area contributed by atoms with E-state index in [1.54, 1.807) is 48.7 Å². The van der Waals surface area contributed by atoms with Crippen LogP contribution >= 0.6 is 0 Å². The van der Waals surface area contributed by atoms with Gasteiger partial charge in [-0.05, 0) is 66.9 Å². The van der Waals surface area contributed by atoms with E-state index in [1.807, 2.05) is 0 Å². The van der Waals surface area contributed by atoms with Crippen molar-refractivity contribution in [3.8, 4) is 17.0 Å². The first kappa shape index (κ1) is 22.3. The lowest BCUT2D eigenvalue weighted by molar-refractivity contribution is 0.102. The van der Waals surface area contributed by atoms with Crippen LogP contribution < -0.4 is 10.6 Å². The number of pyridine rings is 1.